The average molecular weight is 554 g/mol. The summed E-state index contributed by atoms with van der Waals surface area (Å²) in [4.78, 5) is 10.7. The molecule has 2 N–H and O–H groups in total. The number of rotatable bonds is 10. The molecule has 1 aliphatic rings. The molecule has 4 rings (SSSR count). The minimum absolute atomic E-state index is 0.0142. The van der Waals surface area contributed by atoms with Crippen LogP contribution in [0.4, 0.5) is 5.69 Å². The average Bonchev–Trinajstić information content (AvgIpc) is 3.27. The van der Waals surface area contributed by atoms with Crippen molar-refractivity contribution in [2.75, 3.05) is 18.1 Å². The summed E-state index contributed by atoms with van der Waals surface area (Å²) in [7, 11) is 0. The molecule has 1 unspecified atom stereocenters. The fourth-order valence-electron chi connectivity index (χ4n) is 3.99. The van der Waals surface area contributed by atoms with Crippen LogP contribution in [0.3, 0.4) is 0 Å². The summed E-state index contributed by atoms with van der Waals surface area (Å²) in [5, 5.41) is 19.5. The molecular weight excluding hydrogens is 525 g/mol. The van der Waals surface area contributed by atoms with Crippen molar-refractivity contribution in [2.24, 2.45) is 5.10 Å². The Morgan fingerprint density at radius 2 is 1.71 bits per heavy atom. The molecule has 198 valence electrons. The van der Waals surface area contributed by atoms with Gasteiger partial charge in [0.1, 0.15) is 11.5 Å². The summed E-state index contributed by atoms with van der Waals surface area (Å²) in [6, 6.07) is 20.6. The van der Waals surface area contributed by atoms with Crippen molar-refractivity contribution in [3.8, 4) is 11.5 Å². The lowest BCUT2D eigenvalue weighted by molar-refractivity contribution is -0.136. The van der Waals surface area contributed by atoms with Crippen LogP contribution in [-0.2, 0) is 4.79 Å². The Morgan fingerprint density at radius 1 is 1.08 bits per heavy atom. The molecule has 0 spiro atoms. The molecule has 38 heavy (non-hydrogen) atoms. The summed E-state index contributed by atoms with van der Waals surface area (Å²) in [5.74, 6) is 0.934. The topological polar surface area (TPSA) is 83.4 Å². The zero-order valence-corrected chi connectivity index (χ0v) is 22.7. The first-order valence-electron chi connectivity index (χ1n) is 12.2. The number of hydrogen-bond donors (Lipinski definition) is 2. The second-order valence-corrected chi connectivity index (χ2v) is 9.98. The number of benzene rings is 3. The molecule has 0 aromatic heterocycles. The number of hydrogen-bond acceptors (Lipinski definition) is 6. The van der Waals surface area contributed by atoms with Crippen LogP contribution < -0.4 is 19.8 Å². The van der Waals surface area contributed by atoms with Gasteiger partial charge in [-0.15, -0.1) is 5.10 Å². The van der Waals surface area contributed by atoms with E-state index in [9.17, 15) is 4.79 Å². The molecule has 1 atom stereocenters. The highest BCUT2D eigenvalue weighted by Gasteiger charge is 2.31. The number of nitrogens with zero attached hydrogens (tertiary/aromatic N) is 2. The molecule has 7 nitrogen and oxygen atoms in total. The summed E-state index contributed by atoms with van der Waals surface area (Å²) in [5.41, 5.74) is 3.28. The summed E-state index contributed by atoms with van der Waals surface area (Å²) >= 11 is 12.5. The van der Waals surface area contributed by atoms with Gasteiger partial charge in [-0.1, -0.05) is 41.9 Å². The molecule has 1 heterocycles. The first kappa shape index (κ1) is 27.4. The second-order valence-electron chi connectivity index (χ2n) is 9.11. The molecule has 0 fully saturated rings. The molecule has 3 aromatic rings. The van der Waals surface area contributed by atoms with Crippen molar-refractivity contribution in [1.29, 1.82) is 0 Å². The van der Waals surface area contributed by atoms with E-state index in [4.69, 9.17) is 42.9 Å². The van der Waals surface area contributed by atoms with E-state index in [1.165, 1.54) is 0 Å². The van der Waals surface area contributed by atoms with Crippen molar-refractivity contribution in [1.82, 2.24) is 5.32 Å². The molecule has 0 bridgehead atoms. The second kappa shape index (κ2) is 12.2. The third kappa shape index (κ3) is 7.21. The van der Waals surface area contributed by atoms with Gasteiger partial charge in [-0.05, 0) is 79.6 Å². The van der Waals surface area contributed by atoms with Crippen molar-refractivity contribution >= 4 is 46.5 Å². The predicted molar refractivity (Wildman–Crippen MR) is 153 cm³/mol. The van der Waals surface area contributed by atoms with Crippen LogP contribution in [0.15, 0.2) is 78.4 Å². The Bertz CT molecular complexity index is 1300. The highest BCUT2D eigenvalue weighted by Crippen LogP contribution is 2.34. The first-order valence-corrected chi connectivity index (χ1v) is 12.9. The van der Waals surface area contributed by atoms with Gasteiger partial charge in [-0.2, -0.15) is 0 Å². The third-order valence-corrected chi connectivity index (χ3v) is 6.21. The number of anilines is 1. The predicted octanol–water partition coefficient (Wildman–Crippen LogP) is 6.81. The zero-order valence-electron chi connectivity index (χ0n) is 21.2. The van der Waals surface area contributed by atoms with Gasteiger partial charge >= 0.3 is 5.97 Å². The number of halogens is 2. The molecule has 0 radical (unpaired) electrons. The minimum atomic E-state index is -0.864. The van der Waals surface area contributed by atoms with E-state index in [0.29, 0.717) is 40.5 Å². The van der Waals surface area contributed by atoms with Crippen LogP contribution in [-0.4, -0.2) is 36.2 Å². The number of carboxylic acid groups (broad SMARTS) is 1. The maximum Gasteiger partial charge on any atom is 0.305 e. The van der Waals surface area contributed by atoms with Crippen LogP contribution in [0.2, 0.25) is 10.0 Å². The van der Waals surface area contributed by atoms with Crippen LogP contribution in [0.1, 0.15) is 37.3 Å². The Balaban J connectivity index is 1.55. The van der Waals surface area contributed by atoms with E-state index in [2.05, 4.69) is 11.9 Å². The smallest absolute Gasteiger partial charge is 0.305 e. The molecule has 0 amide bonds. The first-order chi connectivity index (χ1) is 18.2. The van der Waals surface area contributed by atoms with Gasteiger partial charge in [-0.25, -0.2) is 0 Å². The SMILES string of the molecule is C=C(NCCC(=O)O)c1ccc(OC2=NN(c3cc(Cl)cc(Cl)c3)CC2c2ccc(OC(C)C)cc2)cc1. The van der Waals surface area contributed by atoms with Gasteiger partial charge in [-0.3, -0.25) is 9.80 Å². The van der Waals surface area contributed by atoms with Gasteiger partial charge in [0.15, 0.2) is 0 Å². The van der Waals surface area contributed by atoms with E-state index in [1.54, 1.807) is 6.07 Å². The summed E-state index contributed by atoms with van der Waals surface area (Å²) in [6.07, 6.45) is 0.0997. The van der Waals surface area contributed by atoms with Crippen molar-refractivity contribution in [3.63, 3.8) is 0 Å². The highest BCUT2D eigenvalue weighted by atomic mass is 35.5. The van der Waals surface area contributed by atoms with E-state index < -0.39 is 5.97 Å². The Labute approximate surface area is 232 Å². The van der Waals surface area contributed by atoms with E-state index in [-0.39, 0.29) is 18.4 Å². The van der Waals surface area contributed by atoms with Crippen LogP contribution >= 0.6 is 23.2 Å². The number of carboxylic acids is 1. The maximum absolute atomic E-state index is 10.7. The van der Waals surface area contributed by atoms with Crippen molar-refractivity contribution in [3.05, 3.63) is 94.5 Å². The van der Waals surface area contributed by atoms with Crippen LogP contribution in [0.5, 0.6) is 11.5 Å². The lowest BCUT2D eigenvalue weighted by Gasteiger charge is -2.17. The zero-order chi connectivity index (χ0) is 27.2. The highest BCUT2D eigenvalue weighted by molar-refractivity contribution is 6.35. The van der Waals surface area contributed by atoms with Gasteiger partial charge in [0.2, 0.25) is 5.90 Å². The minimum Gasteiger partial charge on any atom is -0.491 e. The van der Waals surface area contributed by atoms with E-state index in [1.807, 2.05) is 79.5 Å². The number of nitrogens with one attached hydrogen (secondary N) is 1. The van der Waals surface area contributed by atoms with Crippen LogP contribution in [0.25, 0.3) is 5.70 Å². The van der Waals surface area contributed by atoms with Crippen molar-refractivity contribution < 1.29 is 19.4 Å². The Hall–Kier alpha value is -3.68. The van der Waals surface area contributed by atoms with Gasteiger partial charge in [0, 0.05) is 22.3 Å². The molecule has 1 aliphatic heterocycles. The summed E-state index contributed by atoms with van der Waals surface area (Å²) < 4.78 is 12.1. The van der Waals surface area contributed by atoms with E-state index in [0.717, 1.165) is 22.6 Å². The fraction of sp³-hybridized carbons (Fsp3) is 0.241. The number of hydrazone groups is 1. The lowest BCUT2D eigenvalue weighted by atomic mass is 9.99. The van der Waals surface area contributed by atoms with Crippen molar-refractivity contribution in [2.45, 2.75) is 32.3 Å². The largest absolute Gasteiger partial charge is 0.491 e. The molecule has 3 aromatic carbocycles. The lowest BCUT2D eigenvalue weighted by Crippen LogP contribution is -2.20. The van der Waals surface area contributed by atoms with E-state index >= 15 is 0 Å². The van der Waals surface area contributed by atoms with Gasteiger partial charge in [0.25, 0.3) is 0 Å². The normalized spacial score (nSPS) is 14.8. The standard InChI is InChI=1S/C29H29Cl2N3O4/c1-18(2)37-25-10-6-21(7-11-25)27-17-34(24-15-22(30)14-23(31)16-24)33-29(27)38-26-8-4-20(5-9-26)19(3)32-13-12-28(35)36/h4-11,14-16,18,27,32H,3,12-13,17H2,1-2H3,(H,35,36). The number of ether oxygens (including phenoxy) is 2. The monoisotopic (exact) mass is 553 g/mol. The number of aliphatic carboxylic acids is 1. The molecule has 9 heteroatoms. The third-order valence-electron chi connectivity index (χ3n) is 5.77. The Kier molecular flexibility index (Phi) is 8.81. The quantitative estimate of drug-likeness (QED) is 0.287. The number of carbonyl (C=O) groups is 1. The van der Waals surface area contributed by atoms with Gasteiger partial charge < -0.3 is 19.9 Å². The van der Waals surface area contributed by atoms with Crippen LogP contribution in [0, 0.1) is 0 Å². The molecule has 0 saturated carbocycles. The van der Waals surface area contributed by atoms with Gasteiger partial charge in [0.05, 0.1) is 30.7 Å². The fourth-order valence-corrected chi connectivity index (χ4v) is 4.50. The summed E-state index contributed by atoms with van der Waals surface area (Å²) in [6.45, 7) is 8.80. The molecule has 0 aliphatic carbocycles. The molecule has 0 saturated heterocycles. The Morgan fingerprint density at radius 3 is 2.32 bits per heavy atom. The molecular formula is C29H29Cl2N3O4. The maximum atomic E-state index is 10.7.